The Morgan fingerprint density at radius 1 is 1.50 bits per heavy atom. The van der Waals surface area contributed by atoms with E-state index in [0.29, 0.717) is 5.88 Å². The number of aromatic nitrogens is 1. The summed E-state index contributed by atoms with van der Waals surface area (Å²) >= 11 is 0. The first-order valence-electron chi connectivity index (χ1n) is 3.84. The molecule has 1 rings (SSSR count). The van der Waals surface area contributed by atoms with E-state index in [2.05, 4.69) is 4.98 Å². The monoisotopic (exact) mass is 167 g/mol. The standard InChI is InChI=1S/C9H13NO2/c1-6-4-8(7(2)11)5-9(10-6)12-3/h4-5,7,11H,1-3H3/t7-/m1/s1. The molecule has 3 heteroatoms. The largest absolute Gasteiger partial charge is 0.481 e. The van der Waals surface area contributed by atoms with Gasteiger partial charge in [0.15, 0.2) is 0 Å². The van der Waals surface area contributed by atoms with E-state index in [-0.39, 0.29) is 0 Å². The highest BCUT2D eigenvalue weighted by Crippen LogP contribution is 2.17. The molecule has 0 spiro atoms. The number of hydrogen-bond donors (Lipinski definition) is 1. The first-order valence-corrected chi connectivity index (χ1v) is 3.84. The molecule has 0 aliphatic heterocycles. The van der Waals surface area contributed by atoms with Crippen LogP contribution >= 0.6 is 0 Å². The average molecular weight is 167 g/mol. The van der Waals surface area contributed by atoms with Crippen LogP contribution in [0.1, 0.15) is 24.3 Å². The third-order valence-electron chi connectivity index (χ3n) is 1.64. The first-order chi connectivity index (χ1) is 5.63. The van der Waals surface area contributed by atoms with Gasteiger partial charge in [0.25, 0.3) is 0 Å². The number of rotatable bonds is 2. The predicted molar refractivity (Wildman–Crippen MR) is 46.2 cm³/mol. The van der Waals surface area contributed by atoms with Crippen molar-refractivity contribution in [3.63, 3.8) is 0 Å². The normalized spacial score (nSPS) is 12.7. The Hall–Kier alpha value is -1.09. The molecule has 12 heavy (non-hydrogen) atoms. The van der Waals surface area contributed by atoms with Gasteiger partial charge in [-0.15, -0.1) is 0 Å². The van der Waals surface area contributed by atoms with E-state index in [0.717, 1.165) is 11.3 Å². The zero-order valence-electron chi connectivity index (χ0n) is 7.53. The highest BCUT2D eigenvalue weighted by atomic mass is 16.5. The van der Waals surface area contributed by atoms with Crippen LogP contribution in [0, 0.1) is 6.92 Å². The van der Waals surface area contributed by atoms with Crippen molar-refractivity contribution in [1.82, 2.24) is 4.98 Å². The minimum Gasteiger partial charge on any atom is -0.481 e. The van der Waals surface area contributed by atoms with Gasteiger partial charge in [-0.05, 0) is 25.5 Å². The second-order valence-corrected chi connectivity index (χ2v) is 2.76. The van der Waals surface area contributed by atoms with Crippen molar-refractivity contribution < 1.29 is 9.84 Å². The van der Waals surface area contributed by atoms with Crippen LogP contribution in [-0.2, 0) is 0 Å². The molecule has 1 aromatic rings. The molecule has 0 aliphatic carbocycles. The van der Waals surface area contributed by atoms with E-state index < -0.39 is 6.10 Å². The third kappa shape index (κ3) is 1.95. The lowest BCUT2D eigenvalue weighted by atomic mass is 10.1. The van der Waals surface area contributed by atoms with E-state index >= 15 is 0 Å². The summed E-state index contributed by atoms with van der Waals surface area (Å²) in [6.07, 6.45) is -0.472. The second-order valence-electron chi connectivity index (χ2n) is 2.76. The fourth-order valence-corrected chi connectivity index (χ4v) is 1.01. The third-order valence-corrected chi connectivity index (χ3v) is 1.64. The first kappa shape index (κ1) is 9.00. The Labute approximate surface area is 72.0 Å². The van der Waals surface area contributed by atoms with Crippen LogP contribution in [0.2, 0.25) is 0 Å². The zero-order chi connectivity index (χ0) is 9.14. The summed E-state index contributed by atoms with van der Waals surface area (Å²) in [5, 5.41) is 9.28. The summed E-state index contributed by atoms with van der Waals surface area (Å²) < 4.78 is 4.96. The van der Waals surface area contributed by atoms with Gasteiger partial charge in [-0.1, -0.05) is 0 Å². The highest BCUT2D eigenvalue weighted by molar-refractivity contribution is 5.25. The molecular formula is C9H13NO2. The number of aliphatic hydroxyl groups is 1. The van der Waals surface area contributed by atoms with Gasteiger partial charge >= 0.3 is 0 Å². The number of hydrogen-bond acceptors (Lipinski definition) is 3. The second kappa shape index (κ2) is 3.54. The lowest BCUT2D eigenvalue weighted by molar-refractivity contribution is 0.198. The van der Waals surface area contributed by atoms with Gasteiger partial charge in [0.05, 0.1) is 13.2 Å². The van der Waals surface area contributed by atoms with Crippen molar-refractivity contribution in [2.75, 3.05) is 7.11 Å². The molecule has 0 aliphatic rings. The zero-order valence-corrected chi connectivity index (χ0v) is 7.53. The van der Waals surface area contributed by atoms with Crippen molar-refractivity contribution in [2.24, 2.45) is 0 Å². The Morgan fingerprint density at radius 2 is 2.17 bits per heavy atom. The van der Waals surface area contributed by atoms with E-state index in [4.69, 9.17) is 4.74 Å². The highest BCUT2D eigenvalue weighted by Gasteiger charge is 2.04. The molecule has 0 amide bonds. The van der Waals surface area contributed by atoms with E-state index in [9.17, 15) is 5.11 Å². The van der Waals surface area contributed by atoms with Crippen molar-refractivity contribution >= 4 is 0 Å². The lowest BCUT2D eigenvalue weighted by Gasteiger charge is -2.07. The van der Waals surface area contributed by atoms with Gasteiger partial charge in [-0.2, -0.15) is 0 Å². The molecule has 0 saturated carbocycles. The maximum atomic E-state index is 9.28. The van der Waals surface area contributed by atoms with Crippen LogP contribution < -0.4 is 4.74 Å². The Kier molecular flexibility index (Phi) is 2.65. The lowest BCUT2D eigenvalue weighted by Crippen LogP contribution is -1.96. The molecule has 1 heterocycles. The van der Waals surface area contributed by atoms with Gasteiger partial charge in [0.1, 0.15) is 0 Å². The fraction of sp³-hybridized carbons (Fsp3) is 0.444. The predicted octanol–water partition coefficient (Wildman–Crippen LogP) is 1.45. The summed E-state index contributed by atoms with van der Waals surface area (Å²) in [7, 11) is 1.56. The van der Waals surface area contributed by atoms with Crippen LogP contribution in [-0.4, -0.2) is 17.2 Å². The molecule has 0 aromatic carbocycles. The topological polar surface area (TPSA) is 42.4 Å². The van der Waals surface area contributed by atoms with Crippen LogP contribution in [0.15, 0.2) is 12.1 Å². The van der Waals surface area contributed by atoms with Crippen molar-refractivity contribution in [2.45, 2.75) is 20.0 Å². The summed E-state index contributed by atoms with van der Waals surface area (Å²) in [6.45, 7) is 3.59. The SMILES string of the molecule is COc1cc([C@@H](C)O)cc(C)n1. The fourth-order valence-electron chi connectivity index (χ4n) is 1.01. The molecule has 0 fully saturated rings. The number of aliphatic hydroxyl groups excluding tert-OH is 1. The van der Waals surface area contributed by atoms with Gasteiger partial charge in [0.2, 0.25) is 5.88 Å². The number of methoxy groups -OCH3 is 1. The van der Waals surface area contributed by atoms with Gasteiger partial charge in [-0.3, -0.25) is 0 Å². The van der Waals surface area contributed by atoms with Crippen LogP contribution in [0.5, 0.6) is 5.88 Å². The summed E-state index contributed by atoms with van der Waals surface area (Å²) in [4.78, 5) is 4.10. The maximum absolute atomic E-state index is 9.28. The van der Waals surface area contributed by atoms with E-state index in [1.54, 1.807) is 20.1 Å². The molecule has 0 unspecified atom stereocenters. The minimum absolute atomic E-state index is 0.472. The smallest absolute Gasteiger partial charge is 0.213 e. The van der Waals surface area contributed by atoms with Crippen molar-refractivity contribution in [3.05, 3.63) is 23.4 Å². The van der Waals surface area contributed by atoms with Crippen molar-refractivity contribution in [3.8, 4) is 5.88 Å². The van der Waals surface area contributed by atoms with Crippen LogP contribution in [0.4, 0.5) is 0 Å². The van der Waals surface area contributed by atoms with Crippen LogP contribution in [0.25, 0.3) is 0 Å². The van der Waals surface area contributed by atoms with E-state index in [1.165, 1.54) is 0 Å². The molecular weight excluding hydrogens is 154 g/mol. The number of pyridine rings is 1. The van der Waals surface area contributed by atoms with Crippen LogP contribution in [0.3, 0.4) is 0 Å². The Bertz CT molecular complexity index is 271. The molecule has 0 saturated heterocycles. The Balaban J connectivity index is 3.06. The maximum Gasteiger partial charge on any atom is 0.213 e. The molecule has 0 radical (unpaired) electrons. The average Bonchev–Trinajstić information content (AvgIpc) is 2.03. The number of aryl methyl sites for hydroxylation is 1. The molecule has 66 valence electrons. The van der Waals surface area contributed by atoms with E-state index in [1.807, 2.05) is 13.0 Å². The van der Waals surface area contributed by atoms with Gasteiger partial charge < -0.3 is 9.84 Å². The quantitative estimate of drug-likeness (QED) is 0.725. The van der Waals surface area contributed by atoms with Gasteiger partial charge in [0, 0.05) is 11.8 Å². The molecule has 3 nitrogen and oxygen atoms in total. The molecule has 0 bridgehead atoms. The Morgan fingerprint density at radius 3 is 2.67 bits per heavy atom. The summed E-state index contributed by atoms with van der Waals surface area (Å²) in [6, 6.07) is 3.57. The summed E-state index contributed by atoms with van der Waals surface area (Å²) in [5.74, 6) is 0.547. The van der Waals surface area contributed by atoms with Crippen molar-refractivity contribution in [1.29, 1.82) is 0 Å². The molecule has 1 N–H and O–H groups in total. The number of ether oxygens (including phenoxy) is 1. The molecule has 1 atom stereocenters. The van der Waals surface area contributed by atoms with Gasteiger partial charge in [-0.25, -0.2) is 4.98 Å². The summed E-state index contributed by atoms with van der Waals surface area (Å²) in [5.41, 5.74) is 1.68. The molecule has 1 aromatic heterocycles. The minimum atomic E-state index is -0.472. The number of nitrogens with zero attached hydrogens (tertiary/aromatic N) is 1.